The van der Waals surface area contributed by atoms with Gasteiger partial charge in [0.1, 0.15) is 5.75 Å². The zero-order chi connectivity index (χ0) is 16.8. The molecule has 1 fully saturated rings. The molecule has 2 aliphatic carbocycles. The van der Waals surface area contributed by atoms with Gasteiger partial charge in [-0.1, -0.05) is 19.4 Å². The number of ketones is 1. The maximum atomic E-state index is 12.7. The van der Waals surface area contributed by atoms with Gasteiger partial charge in [0.15, 0.2) is 5.78 Å². The molecular weight excluding hydrogens is 292 g/mol. The molecule has 122 valence electrons. The van der Waals surface area contributed by atoms with E-state index in [4.69, 9.17) is 9.47 Å². The Morgan fingerprint density at radius 3 is 2.57 bits per heavy atom. The number of benzene rings is 1. The summed E-state index contributed by atoms with van der Waals surface area (Å²) in [6.07, 6.45) is 4.19. The molecule has 4 heteroatoms. The van der Waals surface area contributed by atoms with Crippen molar-refractivity contribution in [3.63, 3.8) is 0 Å². The molecule has 3 rings (SSSR count). The highest BCUT2D eigenvalue weighted by Crippen LogP contribution is 2.55. The van der Waals surface area contributed by atoms with E-state index in [-0.39, 0.29) is 17.2 Å². The molecule has 0 spiro atoms. The first-order valence-corrected chi connectivity index (χ1v) is 7.91. The largest absolute Gasteiger partial charge is 0.497 e. The summed E-state index contributed by atoms with van der Waals surface area (Å²) in [5, 5.41) is 0. The van der Waals surface area contributed by atoms with Crippen LogP contribution < -0.4 is 4.74 Å². The maximum Gasteiger partial charge on any atom is 0.315 e. The van der Waals surface area contributed by atoms with Gasteiger partial charge in [-0.25, -0.2) is 0 Å². The molecule has 0 aromatic heterocycles. The normalized spacial score (nSPS) is 29.2. The van der Waals surface area contributed by atoms with Crippen LogP contribution in [0.2, 0.25) is 0 Å². The third kappa shape index (κ3) is 2.12. The van der Waals surface area contributed by atoms with Gasteiger partial charge in [0.2, 0.25) is 0 Å². The average molecular weight is 314 g/mol. The van der Waals surface area contributed by atoms with Crippen LogP contribution in [0.25, 0.3) is 0 Å². The SMILES string of the molecule is COC(=O)[C@]1(C)CCC[C@@]2(C)C1=CC(=O)c1cc(OC)ccc12. The first-order valence-electron chi connectivity index (χ1n) is 7.91. The molecule has 0 unspecified atom stereocenters. The number of hydrogen-bond donors (Lipinski definition) is 0. The molecule has 23 heavy (non-hydrogen) atoms. The lowest BCUT2D eigenvalue weighted by Crippen LogP contribution is -2.46. The summed E-state index contributed by atoms with van der Waals surface area (Å²) >= 11 is 0. The highest BCUT2D eigenvalue weighted by molar-refractivity contribution is 6.09. The fraction of sp³-hybridized carbons (Fsp3) is 0.474. The Balaban J connectivity index is 2.20. The summed E-state index contributed by atoms with van der Waals surface area (Å²) in [6, 6.07) is 5.63. The standard InChI is InChI=1S/C19H22O4/c1-18-8-5-9-19(2,17(21)23-4)16(18)11-15(20)13-10-12(22-3)6-7-14(13)18/h6-7,10-11H,5,8-9H2,1-4H3/t18-,19-/m1/s1. The van der Waals surface area contributed by atoms with E-state index in [1.54, 1.807) is 19.3 Å². The third-order valence-electron chi connectivity index (χ3n) is 5.54. The second kappa shape index (κ2) is 5.22. The van der Waals surface area contributed by atoms with Crippen molar-refractivity contribution in [3.8, 4) is 5.75 Å². The van der Waals surface area contributed by atoms with Crippen LogP contribution in [0.1, 0.15) is 49.0 Å². The number of allylic oxidation sites excluding steroid dienone is 1. The van der Waals surface area contributed by atoms with Gasteiger partial charge in [-0.05, 0) is 49.1 Å². The lowest BCUT2D eigenvalue weighted by Gasteiger charge is -2.48. The monoisotopic (exact) mass is 314 g/mol. The number of methoxy groups -OCH3 is 2. The zero-order valence-electron chi connectivity index (χ0n) is 14.1. The zero-order valence-corrected chi connectivity index (χ0v) is 14.1. The van der Waals surface area contributed by atoms with Crippen molar-refractivity contribution in [2.75, 3.05) is 14.2 Å². The molecule has 0 N–H and O–H groups in total. The van der Waals surface area contributed by atoms with Crippen molar-refractivity contribution in [2.45, 2.75) is 38.5 Å². The summed E-state index contributed by atoms with van der Waals surface area (Å²) in [7, 11) is 3.00. The second-order valence-electron chi connectivity index (χ2n) is 6.84. The van der Waals surface area contributed by atoms with E-state index in [0.717, 1.165) is 24.0 Å². The van der Waals surface area contributed by atoms with Crippen LogP contribution in [-0.4, -0.2) is 26.0 Å². The van der Waals surface area contributed by atoms with Gasteiger partial charge in [0.25, 0.3) is 0 Å². The third-order valence-corrected chi connectivity index (χ3v) is 5.54. The van der Waals surface area contributed by atoms with E-state index in [1.165, 1.54) is 7.11 Å². The van der Waals surface area contributed by atoms with Crippen molar-refractivity contribution >= 4 is 11.8 Å². The molecule has 0 radical (unpaired) electrons. The molecule has 0 heterocycles. The molecule has 2 aliphatic rings. The summed E-state index contributed by atoms with van der Waals surface area (Å²) in [5.41, 5.74) is 1.47. The molecule has 1 saturated carbocycles. The number of ether oxygens (including phenoxy) is 2. The Kier molecular flexibility index (Phi) is 3.58. The fourth-order valence-electron chi connectivity index (χ4n) is 4.25. The van der Waals surface area contributed by atoms with E-state index in [1.807, 2.05) is 19.1 Å². The van der Waals surface area contributed by atoms with Gasteiger partial charge in [0, 0.05) is 11.0 Å². The molecular formula is C19H22O4. The van der Waals surface area contributed by atoms with Gasteiger partial charge in [0.05, 0.1) is 19.6 Å². The predicted molar refractivity (Wildman–Crippen MR) is 86.7 cm³/mol. The molecule has 1 aromatic rings. The lowest BCUT2D eigenvalue weighted by atomic mass is 9.54. The minimum absolute atomic E-state index is 0.0663. The predicted octanol–water partition coefficient (Wildman–Crippen LogP) is 3.44. The molecule has 0 amide bonds. The van der Waals surface area contributed by atoms with Gasteiger partial charge >= 0.3 is 5.97 Å². The van der Waals surface area contributed by atoms with E-state index >= 15 is 0 Å². The Hall–Kier alpha value is -2.10. The number of carbonyl (C=O) groups is 2. The molecule has 0 bridgehead atoms. The fourth-order valence-corrected chi connectivity index (χ4v) is 4.25. The maximum absolute atomic E-state index is 12.7. The van der Waals surface area contributed by atoms with E-state index in [9.17, 15) is 9.59 Å². The Morgan fingerprint density at radius 2 is 1.91 bits per heavy atom. The van der Waals surface area contributed by atoms with Gasteiger partial charge in [-0.3, -0.25) is 9.59 Å². The van der Waals surface area contributed by atoms with Crippen LogP contribution in [0.15, 0.2) is 29.8 Å². The quantitative estimate of drug-likeness (QED) is 0.785. The summed E-state index contributed by atoms with van der Waals surface area (Å²) in [4.78, 5) is 25.1. The van der Waals surface area contributed by atoms with Crippen molar-refractivity contribution < 1.29 is 19.1 Å². The van der Waals surface area contributed by atoms with Gasteiger partial charge in [-0.2, -0.15) is 0 Å². The van der Waals surface area contributed by atoms with Crippen LogP contribution in [0, 0.1) is 5.41 Å². The van der Waals surface area contributed by atoms with Crippen LogP contribution >= 0.6 is 0 Å². The minimum atomic E-state index is -0.741. The number of esters is 1. The molecule has 1 aromatic carbocycles. The van der Waals surface area contributed by atoms with Crippen molar-refractivity contribution in [2.24, 2.45) is 5.41 Å². The highest BCUT2D eigenvalue weighted by Gasteiger charge is 2.52. The van der Waals surface area contributed by atoms with Crippen LogP contribution in [0.5, 0.6) is 5.75 Å². The van der Waals surface area contributed by atoms with Crippen LogP contribution in [0.4, 0.5) is 0 Å². The van der Waals surface area contributed by atoms with Crippen LogP contribution in [-0.2, 0) is 14.9 Å². The van der Waals surface area contributed by atoms with Crippen LogP contribution in [0.3, 0.4) is 0 Å². The van der Waals surface area contributed by atoms with Gasteiger partial charge < -0.3 is 9.47 Å². The van der Waals surface area contributed by atoms with E-state index in [2.05, 4.69) is 6.92 Å². The highest BCUT2D eigenvalue weighted by atomic mass is 16.5. The molecule has 0 saturated heterocycles. The summed E-state index contributed by atoms with van der Waals surface area (Å²) in [6.45, 7) is 4.01. The summed E-state index contributed by atoms with van der Waals surface area (Å²) < 4.78 is 10.3. The second-order valence-corrected chi connectivity index (χ2v) is 6.84. The number of hydrogen-bond acceptors (Lipinski definition) is 4. The number of rotatable bonds is 2. The Labute approximate surface area is 136 Å². The number of fused-ring (bicyclic) bond motifs is 3. The molecule has 2 atom stereocenters. The minimum Gasteiger partial charge on any atom is -0.497 e. The van der Waals surface area contributed by atoms with E-state index in [0.29, 0.717) is 17.7 Å². The van der Waals surface area contributed by atoms with E-state index < -0.39 is 5.41 Å². The topological polar surface area (TPSA) is 52.6 Å². The summed E-state index contributed by atoms with van der Waals surface area (Å²) in [5.74, 6) is 0.340. The smallest absolute Gasteiger partial charge is 0.315 e. The van der Waals surface area contributed by atoms with Crippen molar-refractivity contribution in [3.05, 3.63) is 41.0 Å². The first-order chi connectivity index (χ1) is 10.9. The van der Waals surface area contributed by atoms with Crippen molar-refractivity contribution in [1.29, 1.82) is 0 Å². The molecule has 4 nitrogen and oxygen atoms in total. The number of carbonyl (C=O) groups excluding carboxylic acids is 2. The first kappa shape index (κ1) is 15.8. The average Bonchev–Trinajstić information content (AvgIpc) is 2.56. The Morgan fingerprint density at radius 1 is 1.17 bits per heavy atom. The lowest BCUT2D eigenvalue weighted by molar-refractivity contribution is -0.151. The molecule has 0 aliphatic heterocycles. The van der Waals surface area contributed by atoms with Gasteiger partial charge in [-0.15, -0.1) is 0 Å². The Bertz CT molecular complexity index is 718. The van der Waals surface area contributed by atoms with Crippen molar-refractivity contribution in [1.82, 2.24) is 0 Å².